The van der Waals surface area contributed by atoms with E-state index in [1.165, 1.54) is 36.4 Å². The lowest BCUT2D eigenvalue weighted by atomic mass is 9.98. The number of aliphatic hydroxyl groups excluding tert-OH is 1. The number of halogens is 1. The molecule has 0 spiro atoms. The number of sulfonamides is 2. The number of thiazole rings is 1. The number of para-hydroxylation sites is 1. The molecule has 0 saturated carbocycles. The Hall–Kier alpha value is -6.01. The van der Waals surface area contributed by atoms with Crippen molar-refractivity contribution in [1.29, 1.82) is 0 Å². The highest BCUT2D eigenvalue weighted by molar-refractivity contribution is 9.11. The molecule has 2 heterocycles. The maximum absolute atomic E-state index is 16.0. The van der Waals surface area contributed by atoms with Crippen LogP contribution in [0, 0.1) is 0 Å². The smallest absolute Gasteiger partial charge is 0.404 e. The number of nitrogens with one attached hydrogen (secondary N) is 2. The van der Waals surface area contributed by atoms with Crippen molar-refractivity contribution < 1.29 is 46.1 Å². The van der Waals surface area contributed by atoms with Crippen LogP contribution in [0.4, 0.5) is 4.79 Å². The number of hydrogen-bond donors (Lipinski definition) is 4. The van der Waals surface area contributed by atoms with Crippen molar-refractivity contribution in [3.63, 3.8) is 0 Å². The van der Waals surface area contributed by atoms with Crippen LogP contribution < -0.4 is 24.2 Å². The van der Waals surface area contributed by atoms with Crippen LogP contribution in [0.15, 0.2) is 117 Å². The summed E-state index contributed by atoms with van der Waals surface area (Å²) in [5, 5.41) is 34.9. The monoisotopic (exact) mass is 992 g/mol. The van der Waals surface area contributed by atoms with Gasteiger partial charge in [-0.3, -0.25) is 0 Å². The van der Waals surface area contributed by atoms with Gasteiger partial charge in [0.1, 0.15) is 27.0 Å². The Kier molecular flexibility index (Phi) is 14.2. The lowest BCUT2D eigenvalue weighted by Gasteiger charge is -2.27. The van der Waals surface area contributed by atoms with Crippen molar-refractivity contribution in [2.24, 2.45) is 0 Å². The number of fused-ring (bicyclic) bond motifs is 1. The van der Waals surface area contributed by atoms with E-state index in [2.05, 4.69) is 41.4 Å². The highest BCUT2D eigenvalue weighted by atomic mass is 79.9. The molecule has 64 heavy (non-hydrogen) atoms. The van der Waals surface area contributed by atoms with E-state index in [0.29, 0.717) is 43.4 Å². The molecule has 5 aromatic carbocycles. The van der Waals surface area contributed by atoms with Crippen LogP contribution in [-0.4, -0.2) is 103 Å². The predicted molar refractivity (Wildman–Crippen MR) is 241 cm³/mol. The number of aromatic nitrogens is 5. The number of ether oxygens (including phenoxy) is 3. The van der Waals surface area contributed by atoms with E-state index in [-0.39, 0.29) is 36.6 Å². The minimum Gasteiger partial charge on any atom is -0.497 e. The minimum absolute atomic E-state index is 0.0956. The molecule has 0 aliphatic carbocycles. The number of benzene rings is 5. The van der Waals surface area contributed by atoms with Gasteiger partial charge in [0, 0.05) is 25.2 Å². The summed E-state index contributed by atoms with van der Waals surface area (Å²) >= 11 is 4.81. The molecule has 2 aromatic heterocycles. The van der Waals surface area contributed by atoms with Crippen molar-refractivity contribution >= 4 is 63.6 Å². The summed E-state index contributed by atoms with van der Waals surface area (Å²) in [5.74, 6) is 1.46. The second-order valence-electron chi connectivity index (χ2n) is 14.1. The quantitative estimate of drug-likeness (QED) is 0.0755. The zero-order valence-corrected chi connectivity index (χ0v) is 38.4. The van der Waals surface area contributed by atoms with E-state index in [4.69, 9.17) is 19.2 Å². The van der Waals surface area contributed by atoms with Crippen LogP contribution in [0.2, 0.25) is 0 Å². The summed E-state index contributed by atoms with van der Waals surface area (Å²) in [6.45, 7) is -1.78. The first-order valence-electron chi connectivity index (χ1n) is 19.2. The van der Waals surface area contributed by atoms with Gasteiger partial charge in [-0.2, -0.15) is 9.10 Å². The van der Waals surface area contributed by atoms with Gasteiger partial charge < -0.3 is 29.7 Å². The third-order valence-corrected chi connectivity index (χ3v) is 15.0. The van der Waals surface area contributed by atoms with Crippen molar-refractivity contribution in [2.45, 2.75) is 35.5 Å². The molecule has 1 amide bonds. The van der Waals surface area contributed by atoms with Crippen LogP contribution in [0.25, 0.3) is 32.7 Å². The minimum atomic E-state index is -5.00. The highest BCUT2D eigenvalue weighted by Crippen LogP contribution is 2.44. The second-order valence-corrected chi connectivity index (χ2v) is 19.9. The zero-order valence-electron chi connectivity index (χ0n) is 34.4. The molecule has 4 N–H and O–H groups in total. The van der Waals surface area contributed by atoms with E-state index in [9.17, 15) is 23.4 Å². The molecule has 0 radical (unpaired) electrons. The molecule has 1 atom stereocenters. The topological polar surface area (TPSA) is 237 Å². The van der Waals surface area contributed by atoms with Crippen LogP contribution in [0.5, 0.6) is 17.2 Å². The summed E-state index contributed by atoms with van der Waals surface area (Å²) in [4.78, 5) is 15.9. The Bertz CT molecular complexity index is 2940. The van der Waals surface area contributed by atoms with Crippen LogP contribution in [0.3, 0.4) is 0 Å². The van der Waals surface area contributed by atoms with E-state index >= 15 is 8.42 Å². The number of nitrogens with zero attached hydrogens (tertiary/aromatic N) is 6. The molecule has 18 nitrogen and oxygen atoms in total. The van der Waals surface area contributed by atoms with Gasteiger partial charge in [0.2, 0.25) is 25.9 Å². The SMILES string of the molecule is COc1ccc(CN(Cc2ccc(OC)cc2)S(=O)(=O)c2c(S(=O)(=O)NC(CO)CNC(=O)O)ccc(-c3cccc4sc(Br)nc34)c2-c2nnn(Cc3ccc(OC)cc3)n2)cc1. The van der Waals surface area contributed by atoms with Crippen molar-refractivity contribution in [2.75, 3.05) is 34.5 Å². The molecule has 0 aliphatic heterocycles. The summed E-state index contributed by atoms with van der Waals surface area (Å²) in [7, 11) is -5.39. The van der Waals surface area contributed by atoms with Gasteiger partial charge >= 0.3 is 6.09 Å². The maximum Gasteiger partial charge on any atom is 0.404 e. The standard InChI is InChI=1S/C42H41BrN8O10S3/c1-59-30-13-7-26(8-14-30)22-50(23-27-9-15-31(60-2)16-10-27)64(57,58)39-36(63(55,56)48-29(25-52)21-44-42(53)54)20-19-33(34-5-4-6-35-38(34)45-41(43)62-35)37(39)40-46-49-51(47-40)24-28-11-17-32(61-3)18-12-28/h4-20,29,44,48,52H,21-25H2,1-3H3,(H,53,54). The molecule has 7 rings (SSSR count). The maximum atomic E-state index is 16.0. The van der Waals surface area contributed by atoms with E-state index in [1.54, 1.807) is 92.0 Å². The van der Waals surface area contributed by atoms with Crippen LogP contribution in [-0.2, 0) is 39.7 Å². The Labute approximate surface area is 380 Å². The lowest BCUT2D eigenvalue weighted by Crippen LogP contribution is -2.46. The molecule has 1 unspecified atom stereocenters. The average Bonchev–Trinajstić information content (AvgIpc) is 3.93. The number of aliphatic hydroxyl groups is 1. The number of carbonyl (C=O) groups is 1. The fraction of sp³-hybridized carbons (Fsp3) is 0.214. The van der Waals surface area contributed by atoms with E-state index in [0.717, 1.165) is 20.6 Å². The number of methoxy groups -OCH3 is 3. The third kappa shape index (κ3) is 10.3. The van der Waals surface area contributed by atoms with Gasteiger partial charge in [0.15, 0.2) is 3.92 Å². The van der Waals surface area contributed by atoms with Gasteiger partial charge in [0.05, 0.1) is 56.3 Å². The first-order valence-corrected chi connectivity index (χ1v) is 23.8. The molecule has 22 heteroatoms. The number of carboxylic acid groups (broad SMARTS) is 1. The average molecular weight is 994 g/mol. The summed E-state index contributed by atoms with van der Waals surface area (Å²) < 4.78 is 82.1. The molecule has 334 valence electrons. The largest absolute Gasteiger partial charge is 0.497 e. The molecular weight excluding hydrogens is 953 g/mol. The fourth-order valence-electron chi connectivity index (χ4n) is 6.78. The molecular formula is C42H41BrN8O10S3. The van der Waals surface area contributed by atoms with Crippen LogP contribution in [0.1, 0.15) is 16.7 Å². The normalized spacial score (nSPS) is 12.3. The van der Waals surface area contributed by atoms with Crippen molar-refractivity contribution in [1.82, 2.24) is 39.5 Å². The van der Waals surface area contributed by atoms with Gasteiger partial charge in [0.25, 0.3) is 0 Å². The summed E-state index contributed by atoms with van der Waals surface area (Å²) in [5.41, 5.74) is 2.76. The first-order chi connectivity index (χ1) is 30.7. The Morgan fingerprint density at radius 1 is 0.812 bits per heavy atom. The second kappa shape index (κ2) is 19.8. The van der Waals surface area contributed by atoms with Gasteiger partial charge in [-0.15, -0.1) is 21.5 Å². The zero-order chi connectivity index (χ0) is 45.6. The summed E-state index contributed by atoms with van der Waals surface area (Å²) in [6, 6.07) is 27.1. The molecule has 0 fully saturated rings. The Morgan fingerprint density at radius 2 is 1.39 bits per heavy atom. The number of rotatable bonds is 19. The number of tetrazole rings is 1. The van der Waals surface area contributed by atoms with Gasteiger partial charge in [-0.25, -0.2) is 31.3 Å². The highest BCUT2D eigenvalue weighted by Gasteiger charge is 2.39. The fourth-order valence-corrected chi connectivity index (χ4v) is 11.8. The predicted octanol–water partition coefficient (Wildman–Crippen LogP) is 5.75. The first kappa shape index (κ1) is 46.0. The van der Waals surface area contributed by atoms with Gasteiger partial charge in [-0.05, 0) is 91.9 Å². The molecule has 0 bridgehead atoms. The van der Waals surface area contributed by atoms with E-state index in [1.807, 2.05) is 6.07 Å². The lowest BCUT2D eigenvalue weighted by molar-refractivity contribution is 0.190. The van der Waals surface area contributed by atoms with Gasteiger partial charge in [-0.1, -0.05) is 54.6 Å². The van der Waals surface area contributed by atoms with E-state index < -0.39 is 55.1 Å². The number of hydrogen-bond acceptors (Lipinski definition) is 14. The van der Waals surface area contributed by atoms with Crippen molar-refractivity contribution in [3.05, 3.63) is 124 Å². The number of amides is 1. The van der Waals surface area contributed by atoms with Crippen LogP contribution >= 0.6 is 27.3 Å². The van der Waals surface area contributed by atoms with Crippen molar-refractivity contribution in [3.8, 4) is 39.8 Å². The Balaban J connectivity index is 1.51. The third-order valence-electron chi connectivity index (χ3n) is 9.93. The molecule has 7 aromatic rings. The Morgan fingerprint density at radius 3 is 1.94 bits per heavy atom. The summed E-state index contributed by atoms with van der Waals surface area (Å²) in [6.07, 6.45) is -1.47. The molecule has 0 aliphatic rings. The molecule has 0 saturated heterocycles.